The van der Waals surface area contributed by atoms with Gasteiger partial charge in [0, 0.05) is 16.6 Å². The maximum Gasteiger partial charge on any atom is 0.259 e. The van der Waals surface area contributed by atoms with Gasteiger partial charge in [0.2, 0.25) is 5.91 Å². The van der Waals surface area contributed by atoms with Crippen molar-refractivity contribution in [3.8, 4) is 0 Å². The summed E-state index contributed by atoms with van der Waals surface area (Å²) in [6.07, 6.45) is 0. The number of nitrogens with one attached hydrogen (secondary N) is 1. The van der Waals surface area contributed by atoms with E-state index in [4.69, 9.17) is 0 Å². The smallest absolute Gasteiger partial charge is 0.259 e. The van der Waals surface area contributed by atoms with Crippen LogP contribution in [0.25, 0.3) is 10.8 Å². The van der Waals surface area contributed by atoms with Crippen LogP contribution in [0.2, 0.25) is 0 Å². The molecule has 24 heavy (non-hydrogen) atoms. The monoisotopic (exact) mass is 316 g/mol. The van der Waals surface area contributed by atoms with E-state index in [9.17, 15) is 9.59 Å². The van der Waals surface area contributed by atoms with Gasteiger partial charge in [0.05, 0.1) is 5.69 Å². The molecule has 0 saturated carbocycles. The van der Waals surface area contributed by atoms with Crippen molar-refractivity contribution in [2.75, 3.05) is 10.2 Å². The van der Waals surface area contributed by atoms with Crippen LogP contribution < -0.4 is 10.2 Å². The Bertz CT molecular complexity index is 945. The number of benzene rings is 3. The predicted octanol–water partition coefficient (Wildman–Crippen LogP) is 3.83. The second-order valence-corrected chi connectivity index (χ2v) is 5.89. The number of rotatable bonds is 3. The second kappa shape index (κ2) is 5.49. The van der Waals surface area contributed by atoms with Crippen molar-refractivity contribution in [3.63, 3.8) is 0 Å². The Morgan fingerprint density at radius 2 is 1.67 bits per heavy atom. The molecule has 2 amide bonds. The van der Waals surface area contributed by atoms with Crippen LogP contribution in [-0.2, 0) is 4.79 Å². The lowest BCUT2D eigenvalue weighted by atomic mass is 10.1. The van der Waals surface area contributed by atoms with Gasteiger partial charge in [-0.25, -0.2) is 0 Å². The van der Waals surface area contributed by atoms with Crippen molar-refractivity contribution in [2.24, 2.45) is 0 Å². The van der Waals surface area contributed by atoms with Gasteiger partial charge in [-0.2, -0.15) is 0 Å². The summed E-state index contributed by atoms with van der Waals surface area (Å²) in [6, 6.07) is 20.1. The predicted molar refractivity (Wildman–Crippen MR) is 95.3 cm³/mol. The minimum atomic E-state index is -0.601. The summed E-state index contributed by atoms with van der Waals surface area (Å²) >= 11 is 0. The average Bonchev–Trinajstić information content (AvgIpc) is 2.90. The van der Waals surface area contributed by atoms with Crippen molar-refractivity contribution in [1.82, 2.24) is 0 Å². The molecule has 0 aromatic heterocycles. The molecule has 0 radical (unpaired) electrons. The highest BCUT2D eigenvalue weighted by Crippen LogP contribution is 2.38. The molecular formula is C20H16N2O2. The summed E-state index contributed by atoms with van der Waals surface area (Å²) in [6.45, 7) is 1.75. The first kappa shape index (κ1) is 14.5. The van der Waals surface area contributed by atoms with E-state index < -0.39 is 6.04 Å². The van der Waals surface area contributed by atoms with Crippen molar-refractivity contribution in [1.29, 1.82) is 0 Å². The molecule has 3 aromatic rings. The summed E-state index contributed by atoms with van der Waals surface area (Å²) in [5.41, 5.74) is 2.17. The van der Waals surface area contributed by atoms with Gasteiger partial charge in [0.15, 0.2) is 0 Å². The molecule has 118 valence electrons. The third-order valence-electron chi connectivity index (χ3n) is 4.40. The van der Waals surface area contributed by atoms with Crippen LogP contribution in [0.5, 0.6) is 0 Å². The van der Waals surface area contributed by atoms with Crippen molar-refractivity contribution in [2.45, 2.75) is 13.0 Å². The van der Waals surface area contributed by atoms with Gasteiger partial charge in [-0.3, -0.25) is 14.5 Å². The molecular weight excluding hydrogens is 300 g/mol. The van der Waals surface area contributed by atoms with Crippen LogP contribution in [0.1, 0.15) is 17.3 Å². The molecule has 4 rings (SSSR count). The zero-order valence-electron chi connectivity index (χ0n) is 13.2. The van der Waals surface area contributed by atoms with Gasteiger partial charge >= 0.3 is 0 Å². The van der Waals surface area contributed by atoms with Gasteiger partial charge < -0.3 is 5.32 Å². The summed E-state index contributed by atoms with van der Waals surface area (Å²) in [5, 5.41) is 4.80. The Balaban J connectivity index is 1.69. The van der Waals surface area contributed by atoms with Gasteiger partial charge in [0.1, 0.15) is 6.04 Å². The van der Waals surface area contributed by atoms with Gasteiger partial charge in [0.25, 0.3) is 5.91 Å². The molecule has 1 atom stereocenters. The van der Waals surface area contributed by atoms with E-state index in [-0.39, 0.29) is 11.8 Å². The summed E-state index contributed by atoms with van der Waals surface area (Å²) in [5.74, 6) is -0.336. The summed E-state index contributed by atoms with van der Waals surface area (Å²) < 4.78 is 0. The van der Waals surface area contributed by atoms with Crippen LogP contribution in [0.3, 0.4) is 0 Å². The van der Waals surface area contributed by atoms with Gasteiger partial charge in [-0.15, -0.1) is 0 Å². The standard InChI is InChI=1S/C20H16N2O2/c1-13(19(23)21-15-9-3-2-4-10-15)22-17-12-6-8-14-7-5-11-16(18(14)17)20(22)24/h2-13H,1H3,(H,21,23)/t13-/m0/s1. The minimum Gasteiger partial charge on any atom is -0.324 e. The van der Waals surface area contributed by atoms with E-state index in [1.807, 2.05) is 66.7 Å². The first-order valence-electron chi connectivity index (χ1n) is 7.88. The molecule has 0 saturated heterocycles. The number of carbonyl (C=O) groups excluding carboxylic acids is 2. The molecule has 4 nitrogen and oxygen atoms in total. The first-order chi connectivity index (χ1) is 11.7. The Morgan fingerprint density at radius 3 is 2.42 bits per heavy atom. The number of para-hydroxylation sites is 1. The number of hydrogen-bond acceptors (Lipinski definition) is 2. The normalized spacial score (nSPS) is 14.0. The third kappa shape index (κ3) is 2.15. The van der Waals surface area contributed by atoms with E-state index in [0.717, 1.165) is 22.1 Å². The van der Waals surface area contributed by atoms with Crippen molar-refractivity contribution >= 4 is 34.0 Å². The van der Waals surface area contributed by atoms with Crippen LogP contribution in [0.4, 0.5) is 11.4 Å². The highest BCUT2D eigenvalue weighted by atomic mass is 16.2. The SMILES string of the molecule is C[C@@H](C(=O)Nc1ccccc1)N1C(=O)c2cccc3cccc1c23. The Hall–Kier alpha value is -3.14. The van der Waals surface area contributed by atoms with E-state index in [2.05, 4.69) is 5.32 Å². The van der Waals surface area contributed by atoms with Crippen LogP contribution in [0, 0.1) is 0 Å². The highest BCUT2D eigenvalue weighted by Gasteiger charge is 2.35. The average molecular weight is 316 g/mol. The molecule has 0 spiro atoms. The fourth-order valence-electron chi connectivity index (χ4n) is 3.21. The molecule has 0 aliphatic carbocycles. The minimum absolute atomic E-state index is 0.127. The maximum atomic E-state index is 12.8. The Kier molecular flexibility index (Phi) is 3.31. The van der Waals surface area contributed by atoms with Crippen molar-refractivity contribution in [3.05, 3.63) is 72.3 Å². The molecule has 0 fully saturated rings. The van der Waals surface area contributed by atoms with Crippen LogP contribution in [0.15, 0.2) is 66.7 Å². The topological polar surface area (TPSA) is 49.4 Å². The quantitative estimate of drug-likeness (QED) is 0.798. The number of carbonyl (C=O) groups is 2. The number of amides is 2. The Labute approximate surface area is 139 Å². The fourth-order valence-corrected chi connectivity index (χ4v) is 3.21. The van der Waals surface area contributed by atoms with Crippen LogP contribution >= 0.6 is 0 Å². The number of nitrogens with zero attached hydrogens (tertiary/aromatic N) is 1. The largest absolute Gasteiger partial charge is 0.324 e. The summed E-state index contributed by atoms with van der Waals surface area (Å²) in [4.78, 5) is 27.0. The van der Waals surface area contributed by atoms with E-state index in [1.165, 1.54) is 0 Å². The van der Waals surface area contributed by atoms with Gasteiger partial charge in [-0.1, -0.05) is 42.5 Å². The zero-order chi connectivity index (χ0) is 16.7. The molecule has 1 aliphatic rings. The van der Waals surface area contributed by atoms with E-state index in [0.29, 0.717) is 5.56 Å². The molecule has 0 unspecified atom stereocenters. The van der Waals surface area contributed by atoms with E-state index >= 15 is 0 Å². The second-order valence-electron chi connectivity index (χ2n) is 5.89. The van der Waals surface area contributed by atoms with Crippen LogP contribution in [-0.4, -0.2) is 17.9 Å². The van der Waals surface area contributed by atoms with Crippen molar-refractivity contribution < 1.29 is 9.59 Å². The fraction of sp³-hybridized carbons (Fsp3) is 0.100. The summed E-state index contributed by atoms with van der Waals surface area (Å²) in [7, 11) is 0. The number of anilines is 2. The zero-order valence-corrected chi connectivity index (χ0v) is 13.2. The molecule has 4 heteroatoms. The highest BCUT2D eigenvalue weighted by molar-refractivity contribution is 6.26. The molecule has 3 aromatic carbocycles. The molecule has 1 N–H and O–H groups in total. The first-order valence-corrected chi connectivity index (χ1v) is 7.88. The van der Waals surface area contributed by atoms with E-state index in [1.54, 1.807) is 11.8 Å². The lowest BCUT2D eigenvalue weighted by molar-refractivity contribution is -0.117. The molecule has 0 bridgehead atoms. The number of hydrogen-bond donors (Lipinski definition) is 1. The third-order valence-corrected chi connectivity index (χ3v) is 4.40. The lowest BCUT2D eigenvalue weighted by Crippen LogP contribution is -2.44. The maximum absolute atomic E-state index is 12.8. The molecule has 1 heterocycles. The van der Waals surface area contributed by atoms with Gasteiger partial charge in [-0.05, 0) is 36.6 Å². The lowest BCUT2D eigenvalue weighted by Gasteiger charge is -2.24. The Morgan fingerprint density at radius 1 is 0.958 bits per heavy atom. The molecule has 1 aliphatic heterocycles.